The van der Waals surface area contributed by atoms with Crippen molar-refractivity contribution < 1.29 is 39.4 Å². The normalized spacial score (nSPS) is 26.6. The molecule has 9 heteroatoms. The third-order valence-electron chi connectivity index (χ3n) is 4.98. The van der Waals surface area contributed by atoms with E-state index in [1.54, 1.807) is 24.3 Å². The number of hydrogen-bond donors (Lipinski definition) is 5. The first-order chi connectivity index (χ1) is 14.4. The van der Waals surface area contributed by atoms with E-state index >= 15 is 0 Å². The molecule has 0 radical (unpaired) electrons. The molecule has 3 aromatic rings. The van der Waals surface area contributed by atoms with E-state index < -0.39 is 42.9 Å². The van der Waals surface area contributed by atoms with Crippen LogP contribution in [0, 0.1) is 0 Å². The lowest BCUT2D eigenvalue weighted by atomic mass is 9.99. The molecular formula is C21H20O9. The quantitative estimate of drug-likeness (QED) is 0.380. The molecule has 0 saturated carbocycles. The summed E-state index contributed by atoms with van der Waals surface area (Å²) in [6.07, 6.45) is -7.35. The third-order valence-corrected chi connectivity index (χ3v) is 4.98. The summed E-state index contributed by atoms with van der Waals surface area (Å²) in [4.78, 5) is 12.1. The van der Waals surface area contributed by atoms with Crippen molar-refractivity contribution in [3.63, 3.8) is 0 Å². The van der Waals surface area contributed by atoms with E-state index in [9.17, 15) is 30.3 Å². The zero-order chi connectivity index (χ0) is 21.4. The van der Waals surface area contributed by atoms with Gasteiger partial charge in [-0.1, -0.05) is 30.3 Å². The predicted molar refractivity (Wildman–Crippen MR) is 104 cm³/mol. The van der Waals surface area contributed by atoms with Gasteiger partial charge in [-0.05, 0) is 5.56 Å². The molecule has 1 saturated heterocycles. The fourth-order valence-electron chi connectivity index (χ4n) is 3.47. The Balaban J connectivity index is 1.73. The Morgan fingerprint density at radius 3 is 2.40 bits per heavy atom. The molecule has 2 unspecified atom stereocenters. The molecule has 0 amide bonds. The number of fused-ring (bicyclic) bond motifs is 1. The summed E-state index contributed by atoms with van der Waals surface area (Å²) in [6, 6.07) is 12.8. The summed E-state index contributed by atoms with van der Waals surface area (Å²) in [5.74, 6) is -0.257. The molecule has 9 nitrogen and oxygen atoms in total. The predicted octanol–water partition coefficient (Wildman–Crippen LogP) is 0.344. The van der Waals surface area contributed by atoms with Gasteiger partial charge in [-0.15, -0.1) is 0 Å². The minimum absolute atomic E-state index is 0.0160. The molecule has 0 spiro atoms. The van der Waals surface area contributed by atoms with Gasteiger partial charge in [-0.3, -0.25) is 0 Å². The minimum atomic E-state index is -1.62. The van der Waals surface area contributed by atoms with Crippen LogP contribution in [0.2, 0.25) is 0 Å². The SMILES string of the molecule is O=c1cc(-c2ccccc2)c2c(O)cc(O[C@@H]3OC(CO)[C@@H](O)[C@H](O)C3O)cc2o1. The van der Waals surface area contributed by atoms with Crippen LogP contribution >= 0.6 is 0 Å². The van der Waals surface area contributed by atoms with E-state index in [-0.39, 0.29) is 17.1 Å². The second kappa shape index (κ2) is 8.05. The lowest BCUT2D eigenvalue weighted by molar-refractivity contribution is -0.277. The first kappa shape index (κ1) is 20.3. The Labute approximate surface area is 170 Å². The second-order valence-corrected chi connectivity index (χ2v) is 6.98. The Kier molecular flexibility index (Phi) is 5.46. The summed E-state index contributed by atoms with van der Waals surface area (Å²) >= 11 is 0. The summed E-state index contributed by atoms with van der Waals surface area (Å²) in [5.41, 5.74) is 0.582. The van der Waals surface area contributed by atoms with Crippen molar-refractivity contribution in [2.75, 3.05) is 6.61 Å². The van der Waals surface area contributed by atoms with Gasteiger partial charge >= 0.3 is 5.63 Å². The van der Waals surface area contributed by atoms with Gasteiger partial charge in [0.25, 0.3) is 0 Å². The number of phenolic OH excluding ortho intramolecular Hbond substituents is 1. The van der Waals surface area contributed by atoms with Gasteiger partial charge in [0.2, 0.25) is 6.29 Å². The molecule has 1 aliphatic heterocycles. The highest BCUT2D eigenvalue weighted by Gasteiger charge is 2.44. The molecule has 1 fully saturated rings. The second-order valence-electron chi connectivity index (χ2n) is 6.98. The zero-order valence-electron chi connectivity index (χ0n) is 15.6. The molecular weight excluding hydrogens is 396 g/mol. The number of phenols is 1. The Hall–Kier alpha value is -2.95. The van der Waals surface area contributed by atoms with Gasteiger partial charge in [0.05, 0.1) is 12.0 Å². The van der Waals surface area contributed by atoms with E-state index in [1.807, 2.05) is 6.07 Å². The molecule has 2 aromatic carbocycles. The van der Waals surface area contributed by atoms with Crippen molar-refractivity contribution in [2.45, 2.75) is 30.7 Å². The van der Waals surface area contributed by atoms with E-state index in [0.29, 0.717) is 16.5 Å². The molecule has 1 aliphatic rings. The lowest BCUT2D eigenvalue weighted by Crippen LogP contribution is -2.60. The molecule has 4 rings (SSSR count). The van der Waals surface area contributed by atoms with Crippen molar-refractivity contribution in [1.82, 2.24) is 0 Å². The average molecular weight is 416 g/mol. The number of hydrogen-bond acceptors (Lipinski definition) is 9. The van der Waals surface area contributed by atoms with Crippen LogP contribution < -0.4 is 10.4 Å². The van der Waals surface area contributed by atoms with Crippen LogP contribution in [0.3, 0.4) is 0 Å². The Morgan fingerprint density at radius 2 is 1.70 bits per heavy atom. The molecule has 0 aliphatic carbocycles. The van der Waals surface area contributed by atoms with E-state index in [2.05, 4.69) is 0 Å². The highest BCUT2D eigenvalue weighted by molar-refractivity contribution is 5.98. The van der Waals surface area contributed by atoms with Crippen molar-refractivity contribution in [3.8, 4) is 22.6 Å². The van der Waals surface area contributed by atoms with Crippen LogP contribution in [-0.4, -0.2) is 62.8 Å². The zero-order valence-corrected chi connectivity index (χ0v) is 15.6. The molecule has 158 valence electrons. The summed E-state index contributed by atoms with van der Waals surface area (Å²) in [5, 5.41) is 50.0. The van der Waals surface area contributed by atoms with Crippen LogP contribution in [-0.2, 0) is 4.74 Å². The number of rotatable bonds is 4. The fourth-order valence-corrected chi connectivity index (χ4v) is 3.47. The van der Waals surface area contributed by atoms with Crippen LogP contribution in [0.4, 0.5) is 0 Å². The van der Waals surface area contributed by atoms with Crippen molar-refractivity contribution in [1.29, 1.82) is 0 Å². The maximum absolute atomic E-state index is 12.1. The first-order valence-corrected chi connectivity index (χ1v) is 9.22. The van der Waals surface area contributed by atoms with Crippen LogP contribution in [0.5, 0.6) is 11.5 Å². The van der Waals surface area contributed by atoms with Gasteiger partial charge in [-0.2, -0.15) is 0 Å². The molecule has 2 heterocycles. The summed E-state index contributed by atoms with van der Waals surface area (Å²) in [6.45, 7) is -0.608. The van der Waals surface area contributed by atoms with Gasteiger partial charge in [0.15, 0.2) is 0 Å². The smallest absolute Gasteiger partial charge is 0.336 e. The van der Waals surface area contributed by atoms with Gasteiger partial charge in [-0.25, -0.2) is 4.79 Å². The van der Waals surface area contributed by atoms with Crippen molar-refractivity contribution >= 4 is 11.0 Å². The van der Waals surface area contributed by atoms with Gasteiger partial charge in [0.1, 0.15) is 41.5 Å². The maximum atomic E-state index is 12.1. The average Bonchev–Trinajstić information content (AvgIpc) is 2.74. The number of ether oxygens (including phenoxy) is 2. The van der Waals surface area contributed by atoms with E-state index in [4.69, 9.17) is 13.9 Å². The maximum Gasteiger partial charge on any atom is 0.336 e. The Bertz CT molecular complexity index is 1090. The van der Waals surface area contributed by atoms with Gasteiger partial charge < -0.3 is 39.4 Å². The minimum Gasteiger partial charge on any atom is -0.507 e. The first-order valence-electron chi connectivity index (χ1n) is 9.22. The molecule has 1 aromatic heterocycles. The molecule has 0 bridgehead atoms. The highest BCUT2D eigenvalue weighted by atomic mass is 16.7. The number of benzene rings is 2. The third kappa shape index (κ3) is 3.64. The lowest BCUT2D eigenvalue weighted by Gasteiger charge is -2.39. The Morgan fingerprint density at radius 1 is 0.967 bits per heavy atom. The van der Waals surface area contributed by atoms with Crippen LogP contribution in [0.15, 0.2) is 57.7 Å². The largest absolute Gasteiger partial charge is 0.507 e. The monoisotopic (exact) mass is 416 g/mol. The number of aromatic hydroxyl groups is 1. The van der Waals surface area contributed by atoms with E-state index in [1.165, 1.54) is 18.2 Å². The van der Waals surface area contributed by atoms with Crippen LogP contribution in [0.1, 0.15) is 0 Å². The number of aliphatic hydroxyl groups excluding tert-OH is 4. The van der Waals surface area contributed by atoms with Crippen LogP contribution in [0.25, 0.3) is 22.1 Å². The molecule has 30 heavy (non-hydrogen) atoms. The summed E-state index contributed by atoms with van der Waals surface area (Å²) in [7, 11) is 0. The highest BCUT2D eigenvalue weighted by Crippen LogP contribution is 2.37. The van der Waals surface area contributed by atoms with Gasteiger partial charge in [0, 0.05) is 23.8 Å². The molecule has 5 N–H and O–H groups in total. The standard InChI is InChI=1S/C21H20O9/c22-9-15-18(25)19(26)20(27)21(30-15)28-11-6-13(23)17-12(10-4-2-1-3-5-10)8-16(24)29-14(17)7-11/h1-8,15,18-23,25-27H,9H2/t15?,18-,19+,20?,21-/m1/s1. The van der Waals surface area contributed by atoms with Crippen molar-refractivity contribution in [2.24, 2.45) is 0 Å². The molecule has 5 atom stereocenters. The fraction of sp³-hybridized carbons (Fsp3) is 0.286. The van der Waals surface area contributed by atoms with E-state index in [0.717, 1.165) is 0 Å². The summed E-state index contributed by atoms with van der Waals surface area (Å²) < 4.78 is 16.0. The number of aliphatic hydroxyl groups is 4. The topological polar surface area (TPSA) is 150 Å². The van der Waals surface area contributed by atoms with Crippen molar-refractivity contribution in [3.05, 3.63) is 59.0 Å².